The first-order valence-electron chi connectivity index (χ1n) is 7.30. The van der Waals surface area contributed by atoms with Crippen LogP contribution in [0.15, 0.2) is 54.6 Å². The molecule has 0 fully saturated rings. The molecule has 2 aromatic carbocycles. The van der Waals surface area contributed by atoms with Crippen LogP contribution in [0.4, 0.5) is 33.3 Å². The number of carbonyl (C=O) groups excluding carboxylic acids is 2. The van der Waals surface area contributed by atoms with Crippen LogP contribution < -0.4 is 10.6 Å². The van der Waals surface area contributed by atoms with E-state index in [1.165, 1.54) is 23.5 Å². The van der Waals surface area contributed by atoms with E-state index >= 15 is 0 Å². The van der Waals surface area contributed by atoms with E-state index in [4.69, 9.17) is 0 Å². The van der Waals surface area contributed by atoms with E-state index in [0.717, 1.165) is 6.07 Å². The standard InChI is InChI=1S/C17H13F5N2O2/c18-16(19,17(20,21)22)15(26)24-13-9-5-4-8-12(13)23-14(25)10-11-6-2-1-3-7-11/h1-9H,10H2,(H,23,25)(H,24,26). The molecule has 0 heterocycles. The van der Waals surface area contributed by atoms with Crippen LogP contribution in [0.25, 0.3) is 0 Å². The second-order valence-electron chi connectivity index (χ2n) is 5.28. The van der Waals surface area contributed by atoms with Crippen molar-refractivity contribution in [3.05, 3.63) is 60.2 Å². The highest BCUT2D eigenvalue weighted by Gasteiger charge is 2.63. The third-order valence-electron chi connectivity index (χ3n) is 3.30. The molecule has 2 rings (SSSR count). The summed E-state index contributed by atoms with van der Waals surface area (Å²) >= 11 is 0. The van der Waals surface area contributed by atoms with Crippen molar-refractivity contribution in [2.24, 2.45) is 0 Å². The lowest BCUT2D eigenvalue weighted by Gasteiger charge is -2.20. The summed E-state index contributed by atoms with van der Waals surface area (Å²) in [5.41, 5.74) is 0.206. The Hall–Kier alpha value is -2.97. The topological polar surface area (TPSA) is 58.2 Å². The number of nitrogens with one attached hydrogen (secondary N) is 2. The lowest BCUT2D eigenvalue weighted by atomic mass is 10.1. The van der Waals surface area contributed by atoms with Gasteiger partial charge >= 0.3 is 18.0 Å². The van der Waals surface area contributed by atoms with Gasteiger partial charge in [-0.25, -0.2) is 0 Å². The fourth-order valence-electron chi connectivity index (χ4n) is 2.01. The third-order valence-corrected chi connectivity index (χ3v) is 3.30. The van der Waals surface area contributed by atoms with Gasteiger partial charge in [0.15, 0.2) is 0 Å². The van der Waals surface area contributed by atoms with E-state index in [-0.39, 0.29) is 17.8 Å². The third kappa shape index (κ3) is 4.56. The molecule has 0 saturated carbocycles. The van der Waals surface area contributed by atoms with Crippen molar-refractivity contribution in [3.8, 4) is 0 Å². The molecule has 4 nitrogen and oxygen atoms in total. The molecule has 0 radical (unpaired) electrons. The quantitative estimate of drug-likeness (QED) is 0.780. The lowest BCUT2D eigenvalue weighted by Crippen LogP contribution is -2.47. The van der Waals surface area contributed by atoms with Gasteiger partial charge in [0.1, 0.15) is 0 Å². The Morgan fingerprint density at radius 3 is 1.81 bits per heavy atom. The highest BCUT2D eigenvalue weighted by atomic mass is 19.4. The van der Waals surface area contributed by atoms with E-state index in [0.29, 0.717) is 5.56 Å². The summed E-state index contributed by atoms with van der Waals surface area (Å²) in [6.07, 6.45) is -6.07. The van der Waals surface area contributed by atoms with Crippen LogP contribution in [-0.4, -0.2) is 23.9 Å². The van der Waals surface area contributed by atoms with E-state index in [1.807, 2.05) is 0 Å². The number of hydrogen-bond acceptors (Lipinski definition) is 2. The first-order valence-corrected chi connectivity index (χ1v) is 7.30. The predicted molar refractivity (Wildman–Crippen MR) is 84.8 cm³/mol. The van der Waals surface area contributed by atoms with Gasteiger partial charge in [0, 0.05) is 0 Å². The molecule has 26 heavy (non-hydrogen) atoms. The molecule has 0 aromatic heterocycles. The van der Waals surface area contributed by atoms with Crippen LogP contribution in [0, 0.1) is 0 Å². The fourth-order valence-corrected chi connectivity index (χ4v) is 2.01. The number of para-hydroxylation sites is 2. The highest BCUT2D eigenvalue weighted by Crippen LogP contribution is 2.36. The second kappa shape index (κ2) is 7.51. The van der Waals surface area contributed by atoms with Crippen LogP contribution in [0.1, 0.15) is 5.56 Å². The summed E-state index contributed by atoms with van der Waals surface area (Å²) in [5, 5.41) is 3.88. The maximum absolute atomic E-state index is 13.1. The van der Waals surface area contributed by atoms with Crippen molar-refractivity contribution in [2.75, 3.05) is 10.6 Å². The summed E-state index contributed by atoms with van der Waals surface area (Å²) < 4.78 is 62.9. The first kappa shape index (κ1) is 19.4. The van der Waals surface area contributed by atoms with Gasteiger partial charge < -0.3 is 10.6 Å². The zero-order valence-electron chi connectivity index (χ0n) is 13.1. The molecule has 2 aromatic rings. The Kier molecular flexibility index (Phi) is 5.59. The Balaban J connectivity index is 2.13. The van der Waals surface area contributed by atoms with Gasteiger partial charge in [-0.05, 0) is 17.7 Å². The molecule has 2 N–H and O–H groups in total. The van der Waals surface area contributed by atoms with E-state index in [1.54, 1.807) is 30.3 Å². The number of benzene rings is 2. The zero-order chi connectivity index (χ0) is 19.4. The minimum absolute atomic E-state index is 0.0398. The molecule has 0 saturated heterocycles. The van der Waals surface area contributed by atoms with Gasteiger partial charge in [0.25, 0.3) is 0 Å². The van der Waals surface area contributed by atoms with Crippen LogP contribution in [0.3, 0.4) is 0 Å². The van der Waals surface area contributed by atoms with Crippen LogP contribution >= 0.6 is 0 Å². The predicted octanol–water partition coefficient (Wildman–Crippen LogP) is 4.00. The molecule has 0 aliphatic carbocycles. The molecule has 0 unspecified atom stereocenters. The van der Waals surface area contributed by atoms with Crippen molar-refractivity contribution in [1.29, 1.82) is 0 Å². The van der Waals surface area contributed by atoms with Crippen molar-refractivity contribution in [3.63, 3.8) is 0 Å². The average Bonchev–Trinajstić information content (AvgIpc) is 2.56. The number of halogens is 5. The number of rotatable bonds is 5. The van der Waals surface area contributed by atoms with E-state index in [2.05, 4.69) is 5.32 Å². The SMILES string of the molecule is O=C(Cc1ccccc1)Nc1ccccc1NC(=O)C(F)(F)C(F)(F)F. The smallest absolute Gasteiger partial charge is 0.324 e. The number of anilines is 2. The molecular formula is C17H13F5N2O2. The molecular weight excluding hydrogens is 359 g/mol. The van der Waals surface area contributed by atoms with Crippen molar-refractivity contribution in [1.82, 2.24) is 0 Å². The molecule has 138 valence electrons. The molecule has 0 aliphatic rings. The molecule has 9 heteroatoms. The number of amides is 2. The van der Waals surface area contributed by atoms with Crippen LogP contribution in [0.2, 0.25) is 0 Å². The Labute approximate surface area is 145 Å². The maximum atomic E-state index is 13.1. The van der Waals surface area contributed by atoms with Gasteiger partial charge in [0.2, 0.25) is 5.91 Å². The van der Waals surface area contributed by atoms with Crippen LogP contribution in [0.5, 0.6) is 0 Å². The fraction of sp³-hybridized carbons (Fsp3) is 0.176. The minimum Gasteiger partial charge on any atom is -0.324 e. The van der Waals surface area contributed by atoms with Crippen molar-refractivity contribution in [2.45, 2.75) is 18.5 Å². The largest absolute Gasteiger partial charge is 0.463 e. The van der Waals surface area contributed by atoms with Crippen molar-refractivity contribution >= 4 is 23.2 Å². The van der Waals surface area contributed by atoms with E-state index < -0.39 is 23.9 Å². The number of carbonyl (C=O) groups is 2. The van der Waals surface area contributed by atoms with E-state index in [9.17, 15) is 31.5 Å². The minimum atomic E-state index is -6.03. The van der Waals surface area contributed by atoms with Gasteiger partial charge in [-0.15, -0.1) is 0 Å². The Bertz CT molecular complexity index is 791. The van der Waals surface area contributed by atoms with Gasteiger partial charge in [-0.3, -0.25) is 9.59 Å². The Morgan fingerprint density at radius 2 is 1.27 bits per heavy atom. The maximum Gasteiger partial charge on any atom is 0.463 e. The first-order chi connectivity index (χ1) is 12.1. The van der Waals surface area contributed by atoms with Gasteiger partial charge in [0.05, 0.1) is 17.8 Å². The summed E-state index contributed by atoms with van der Waals surface area (Å²) in [4.78, 5) is 23.3. The summed E-state index contributed by atoms with van der Waals surface area (Å²) in [6.45, 7) is 0. The second-order valence-corrected chi connectivity index (χ2v) is 5.28. The molecule has 0 bridgehead atoms. The number of hydrogen-bond donors (Lipinski definition) is 2. The lowest BCUT2D eigenvalue weighted by molar-refractivity contribution is -0.267. The van der Waals surface area contributed by atoms with Gasteiger partial charge in [-0.2, -0.15) is 22.0 Å². The average molecular weight is 372 g/mol. The summed E-state index contributed by atoms with van der Waals surface area (Å²) in [6, 6.07) is 13.7. The molecule has 0 aliphatic heterocycles. The van der Waals surface area contributed by atoms with Crippen molar-refractivity contribution < 1.29 is 31.5 Å². The number of alkyl halides is 5. The monoisotopic (exact) mass is 372 g/mol. The molecule has 0 atom stereocenters. The Morgan fingerprint density at radius 1 is 0.769 bits per heavy atom. The summed E-state index contributed by atoms with van der Waals surface area (Å²) in [5.74, 6) is -8.62. The molecule has 0 spiro atoms. The highest BCUT2D eigenvalue weighted by molar-refractivity contribution is 6.02. The molecule has 2 amide bonds. The summed E-state index contributed by atoms with van der Waals surface area (Å²) in [7, 11) is 0. The van der Waals surface area contributed by atoms with Crippen LogP contribution in [-0.2, 0) is 16.0 Å². The normalized spacial score (nSPS) is 11.7. The zero-order valence-corrected chi connectivity index (χ0v) is 13.1. The van der Waals surface area contributed by atoms with Gasteiger partial charge in [-0.1, -0.05) is 42.5 Å².